The number of nitrogen functional groups attached to an aromatic ring is 1. The fraction of sp³-hybridized carbons (Fsp3) is 0.0909. The van der Waals surface area contributed by atoms with Gasteiger partial charge in [0.05, 0.1) is 0 Å². The molecule has 8 nitrogen and oxygen atoms in total. The van der Waals surface area contributed by atoms with Crippen LogP contribution in [0.25, 0.3) is 11.5 Å². The van der Waals surface area contributed by atoms with E-state index < -0.39 is 11.6 Å². The lowest BCUT2D eigenvalue weighted by molar-refractivity contribution is 0.234. The number of aromatic nitrogens is 4. The lowest BCUT2D eigenvalue weighted by Gasteiger charge is -2.03. The van der Waals surface area contributed by atoms with Crippen LogP contribution in [0.15, 0.2) is 27.4 Å². The smallest absolute Gasteiger partial charge is 0.264 e. The Balaban J connectivity index is 1.72. The molecular weight excluding hydrogens is 288 g/mol. The Kier molecular flexibility index (Phi) is 3.18. The molecule has 2 aromatic heterocycles. The molecule has 0 amide bonds. The average molecular weight is 295 g/mol. The summed E-state index contributed by atoms with van der Waals surface area (Å²) in [5, 5.41) is 10.5. The van der Waals surface area contributed by atoms with Gasteiger partial charge in [0.15, 0.2) is 29.7 Å². The number of rotatable bonds is 4. The number of nitrogens with two attached hydrogens (primary N) is 1. The lowest BCUT2D eigenvalue weighted by Crippen LogP contribution is -1.98. The second kappa shape index (κ2) is 5.15. The summed E-state index contributed by atoms with van der Waals surface area (Å²) in [6.45, 7) is -0.208. The zero-order valence-corrected chi connectivity index (χ0v) is 10.3. The van der Waals surface area contributed by atoms with Gasteiger partial charge in [-0.1, -0.05) is 5.16 Å². The number of halogens is 2. The Morgan fingerprint density at radius 1 is 1.19 bits per heavy atom. The van der Waals surface area contributed by atoms with Crippen molar-refractivity contribution in [2.24, 2.45) is 0 Å². The van der Waals surface area contributed by atoms with Gasteiger partial charge in [-0.2, -0.15) is 4.98 Å². The van der Waals surface area contributed by atoms with Crippen molar-refractivity contribution in [2.75, 3.05) is 5.73 Å². The zero-order chi connectivity index (χ0) is 14.8. The third-order valence-electron chi connectivity index (χ3n) is 2.44. The molecule has 0 saturated carbocycles. The van der Waals surface area contributed by atoms with Crippen LogP contribution in [0.3, 0.4) is 0 Å². The van der Waals surface area contributed by atoms with Crippen molar-refractivity contribution in [1.82, 2.24) is 20.5 Å². The first-order valence-corrected chi connectivity index (χ1v) is 5.62. The summed E-state index contributed by atoms with van der Waals surface area (Å²) in [6, 6.07) is 2.93. The van der Waals surface area contributed by atoms with Gasteiger partial charge < -0.3 is 15.0 Å². The first kappa shape index (κ1) is 13.0. The minimum absolute atomic E-state index is 0.00727. The quantitative estimate of drug-likeness (QED) is 0.771. The summed E-state index contributed by atoms with van der Waals surface area (Å²) in [7, 11) is 0. The number of nitrogens with zero attached hydrogens (tertiary/aromatic N) is 4. The molecule has 0 unspecified atom stereocenters. The molecule has 3 rings (SSSR count). The van der Waals surface area contributed by atoms with Crippen molar-refractivity contribution in [3.63, 3.8) is 0 Å². The number of anilines is 1. The molecule has 1 aromatic carbocycles. The Bertz CT molecular complexity index is 773. The third kappa shape index (κ3) is 2.63. The summed E-state index contributed by atoms with van der Waals surface area (Å²) in [6.07, 6.45) is 0. The fourth-order valence-electron chi connectivity index (χ4n) is 1.49. The second-order valence-corrected chi connectivity index (χ2v) is 3.87. The minimum atomic E-state index is -0.834. The molecule has 0 atom stereocenters. The van der Waals surface area contributed by atoms with Gasteiger partial charge in [0.2, 0.25) is 5.82 Å². The Hall–Kier alpha value is -3.04. The minimum Gasteiger partial charge on any atom is -0.481 e. The van der Waals surface area contributed by atoms with Gasteiger partial charge in [0, 0.05) is 6.07 Å². The van der Waals surface area contributed by atoms with E-state index in [1.807, 2.05) is 0 Å². The monoisotopic (exact) mass is 295 g/mol. The van der Waals surface area contributed by atoms with Gasteiger partial charge in [-0.05, 0) is 22.4 Å². The predicted molar refractivity (Wildman–Crippen MR) is 62.7 cm³/mol. The molecule has 2 N–H and O–H groups in total. The summed E-state index contributed by atoms with van der Waals surface area (Å²) in [5.41, 5.74) is 5.60. The van der Waals surface area contributed by atoms with Crippen LogP contribution in [0, 0.1) is 11.6 Å². The van der Waals surface area contributed by atoms with Crippen LogP contribution in [0.1, 0.15) is 5.89 Å². The van der Waals surface area contributed by atoms with Gasteiger partial charge in [-0.3, -0.25) is 0 Å². The first-order chi connectivity index (χ1) is 10.1. The summed E-state index contributed by atoms with van der Waals surface area (Å²) < 4.78 is 40.5. The second-order valence-electron chi connectivity index (χ2n) is 3.87. The molecule has 0 aliphatic rings. The SMILES string of the molecule is Nc1nonc1-c1noc(COc2ccc(F)cc2F)n1. The van der Waals surface area contributed by atoms with Gasteiger partial charge >= 0.3 is 0 Å². The highest BCUT2D eigenvalue weighted by Gasteiger charge is 2.17. The van der Waals surface area contributed by atoms with E-state index in [2.05, 4.69) is 25.1 Å². The van der Waals surface area contributed by atoms with E-state index in [-0.39, 0.29) is 35.6 Å². The number of hydrogen-bond acceptors (Lipinski definition) is 8. The standard InChI is InChI=1S/C11H7F2N5O3/c12-5-1-2-7(6(13)3-5)19-4-8-15-11(18-20-8)9-10(14)17-21-16-9/h1-3H,4H2,(H2,14,17). The highest BCUT2D eigenvalue weighted by molar-refractivity contribution is 5.61. The van der Waals surface area contributed by atoms with Crippen molar-refractivity contribution in [2.45, 2.75) is 6.61 Å². The maximum absolute atomic E-state index is 13.4. The van der Waals surface area contributed by atoms with E-state index >= 15 is 0 Å². The molecule has 108 valence electrons. The maximum atomic E-state index is 13.4. The van der Waals surface area contributed by atoms with Crippen LogP contribution in [-0.2, 0) is 6.61 Å². The molecule has 10 heteroatoms. The molecule has 0 aliphatic carbocycles. The van der Waals surface area contributed by atoms with Gasteiger partial charge in [-0.15, -0.1) is 0 Å². The van der Waals surface area contributed by atoms with E-state index in [4.69, 9.17) is 15.0 Å². The summed E-state index contributed by atoms with van der Waals surface area (Å²) in [4.78, 5) is 3.93. The number of hydrogen-bond donors (Lipinski definition) is 1. The zero-order valence-electron chi connectivity index (χ0n) is 10.3. The number of ether oxygens (including phenoxy) is 1. The molecule has 0 radical (unpaired) electrons. The molecule has 0 spiro atoms. The first-order valence-electron chi connectivity index (χ1n) is 5.62. The van der Waals surface area contributed by atoms with E-state index in [1.54, 1.807) is 0 Å². The molecule has 2 heterocycles. The normalized spacial score (nSPS) is 10.8. The van der Waals surface area contributed by atoms with Crippen LogP contribution in [-0.4, -0.2) is 20.5 Å². The third-order valence-corrected chi connectivity index (χ3v) is 2.44. The molecule has 3 aromatic rings. The average Bonchev–Trinajstić information content (AvgIpc) is 3.06. The van der Waals surface area contributed by atoms with E-state index in [9.17, 15) is 8.78 Å². The van der Waals surface area contributed by atoms with E-state index in [0.717, 1.165) is 12.1 Å². The topological polar surface area (TPSA) is 113 Å². The van der Waals surface area contributed by atoms with Gasteiger partial charge in [0.1, 0.15) is 5.82 Å². The molecule has 0 aliphatic heterocycles. The van der Waals surface area contributed by atoms with Crippen molar-refractivity contribution in [1.29, 1.82) is 0 Å². The van der Waals surface area contributed by atoms with E-state index in [1.165, 1.54) is 0 Å². The molecular formula is C11H7F2N5O3. The van der Waals surface area contributed by atoms with Crippen LogP contribution in [0.5, 0.6) is 5.75 Å². The van der Waals surface area contributed by atoms with Gasteiger partial charge in [-0.25, -0.2) is 13.4 Å². The maximum Gasteiger partial charge on any atom is 0.264 e. The van der Waals surface area contributed by atoms with Crippen LogP contribution >= 0.6 is 0 Å². The largest absolute Gasteiger partial charge is 0.481 e. The van der Waals surface area contributed by atoms with Crippen molar-refractivity contribution in [3.8, 4) is 17.3 Å². The Morgan fingerprint density at radius 2 is 2.05 bits per heavy atom. The van der Waals surface area contributed by atoms with Crippen LogP contribution in [0.2, 0.25) is 0 Å². The molecule has 0 bridgehead atoms. The molecule has 21 heavy (non-hydrogen) atoms. The highest BCUT2D eigenvalue weighted by Crippen LogP contribution is 2.21. The lowest BCUT2D eigenvalue weighted by atomic mass is 10.3. The van der Waals surface area contributed by atoms with E-state index in [0.29, 0.717) is 6.07 Å². The van der Waals surface area contributed by atoms with Crippen molar-refractivity contribution >= 4 is 5.82 Å². The Morgan fingerprint density at radius 3 is 2.76 bits per heavy atom. The molecule has 0 saturated heterocycles. The summed E-state index contributed by atoms with van der Waals surface area (Å²) >= 11 is 0. The van der Waals surface area contributed by atoms with Crippen molar-refractivity contribution < 1.29 is 22.7 Å². The van der Waals surface area contributed by atoms with Gasteiger partial charge in [0.25, 0.3) is 5.89 Å². The van der Waals surface area contributed by atoms with Crippen LogP contribution < -0.4 is 10.5 Å². The highest BCUT2D eigenvalue weighted by atomic mass is 19.1. The number of benzene rings is 1. The predicted octanol–water partition coefficient (Wildman–Crippen LogP) is 1.56. The molecule has 0 fully saturated rings. The fourth-order valence-corrected chi connectivity index (χ4v) is 1.49. The Labute approximate surface area is 115 Å². The van der Waals surface area contributed by atoms with Crippen molar-refractivity contribution in [3.05, 3.63) is 35.7 Å². The summed E-state index contributed by atoms with van der Waals surface area (Å²) in [5.74, 6) is -1.55. The van der Waals surface area contributed by atoms with Crippen LogP contribution in [0.4, 0.5) is 14.6 Å².